The zero-order valence-electron chi connectivity index (χ0n) is 8.39. The SMILES string of the molecule is C[C@@H]1CC[C@@]2(C)O[C@@H]1OC2(C)C. The third-order valence-electron chi connectivity index (χ3n) is 3.60. The van der Waals surface area contributed by atoms with E-state index in [1.54, 1.807) is 0 Å². The molecule has 2 bridgehead atoms. The second kappa shape index (κ2) is 2.24. The molecule has 0 spiro atoms. The van der Waals surface area contributed by atoms with Crippen molar-refractivity contribution in [2.75, 3.05) is 0 Å². The van der Waals surface area contributed by atoms with Crippen LogP contribution < -0.4 is 0 Å². The Morgan fingerprint density at radius 3 is 2.42 bits per heavy atom. The van der Waals surface area contributed by atoms with Gasteiger partial charge in [-0.15, -0.1) is 0 Å². The summed E-state index contributed by atoms with van der Waals surface area (Å²) in [7, 11) is 0. The molecule has 0 aromatic rings. The molecule has 2 heteroatoms. The molecule has 0 amide bonds. The lowest BCUT2D eigenvalue weighted by Crippen LogP contribution is -2.45. The van der Waals surface area contributed by atoms with E-state index in [9.17, 15) is 0 Å². The molecule has 2 fully saturated rings. The number of hydrogen-bond donors (Lipinski definition) is 0. The van der Waals surface area contributed by atoms with Gasteiger partial charge >= 0.3 is 0 Å². The molecule has 2 heterocycles. The molecule has 2 saturated heterocycles. The van der Waals surface area contributed by atoms with Gasteiger partial charge in [0.2, 0.25) is 0 Å². The smallest absolute Gasteiger partial charge is 0.161 e. The lowest BCUT2D eigenvalue weighted by atomic mass is 9.82. The summed E-state index contributed by atoms with van der Waals surface area (Å²) >= 11 is 0. The van der Waals surface area contributed by atoms with Gasteiger partial charge in [0.15, 0.2) is 6.29 Å². The topological polar surface area (TPSA) is 18.5 Å². The van der Waals surface area contributed by atoms with Crippen LogP contribution in [0.1, 0.15) is 40.5 Å². The van der Waals surface area contributed by atoms with Gasteiger partial charge in [-0.25, -0.2) is 0 Å². The maximum absolute atomic E-state index is 5.89. The Morgan fingerprint density at radius 1 is 1.17 bits per heavy atom. The van der Waals surface area contributed by atoms with Gasteiger partial charge in [-0.3, -0.25) is 0 Å². The number of ether oxygens (including phenoxy) is 2. The van der Waals surface area contributed by atoms with Crippen LogP contribution in [0.5, 0.6) is 0 Å². The zero-order chi connectivity index (χ0) is 8.98. The normalized spacial score (nSPS) is 51.0. The fourth-order valence-electron chi connectivity index (χ4n) is 2.07. The van der Waals surface area contributed by atoms with Crippen LogP contribution in [0.4, 0.5) is 0 Å². The molecule has 0 aromatic heterocycles. The highest BCUT2D eigenvalue weighted by Crippen LogP contribution is 2.48. The Bertz CT molecular complexity index is 198. The van der Waals surface area contributed by atoms with Gasteiger partial charge in [-0.2, -0.15) is 0 Å². The molecule has 0 saturated carbocycles. The number of rotatable bonds is 0. The molecule has 0 aliphatic carbocycles. The molecule has 0 N–H and O–H groups in total. The average molecular weight is 170 g/mol. The standard InChI is InChI=1S/C10H18O2/c1-7-5-6-10(4)9(2,3)11-8(7)12-10/h7-8H,5-6H2,1-4H3/t7-,8+,10-/m1/s1. The highest BCUT2D eigenvalue weighted by Gasteiger charge is 2.56. The largest absolute Gasteiger partial charge is 0.343 e. The van der Waals surface area contributed by atoms with E-state index in [-0.39, 0.29) is 17.5 Å². The van der Waals surface area contributed by atoms with Crippen LogP contribution in [0.25, 0.3) is 0 Å². The molecule has 2 aliphatic heterocycles. The summed E-state index contributed by atoms with van der Waals surface area (Å²) in [6.45, 7) is 8.63. The van der Waals surface area contributed by atoms with Crippen molar-refractivity contribution in [3.63, 3.8) is 0 Å². The molecular formula is C10H18O2. The number of fused-ring (bicyclic) bond motifs is 2. The second-order valence-electron chi connectivity index (χ2n) is 4.86. The maximum Gasteiger partial charge on any atom is 0.161 e. The minimum atomic E-state index is -0.109. The number of hydrogen-bond acceptors (Lipinski definition) is 2. The van der Waals surface area contributed by atoms with Crippen molar-refractivity contribution < 1.29 is 9.47 Å². The Balaban J connectivity index is 2.27. The predicted octanol–water partition coefficient (Wildman–Crippen LogP) is 2.33. The molecule has 2 rings (SSSR count). The summed E-state index contributed by atoms with van der Waals surface area (Å²) in [4.78, 5) is 0. The molecule has 70 valence electrons. The Kier molecular flexibility index (Phi) is 1.59. The molecule has 12 heavy (non-hydrogen) atoms. The first-order valence-electron chi connectivity index (χ1n) is 4.80. The van der Waals surface area contributed by atoms with Crippen molar-refractivity contribution in [2.45, 2.75) is 58.0 Å². The minimum absolute atomic E-state index is 0.0405. The first-order valence-corrected chi connectivity index (χ1v) is 4.80. The fraction of sp³-hybridized carbons (Fsp3) is 1.00. The quantitative estimate of drug-likeness (QED) is 0.555. The summed E-state index contributed by atoms with van der Waals surface area (Å²) in [6, 6.07) is 0. The highest BCUT2D eigenvalue weighted by atomic mass is 16.7. The van der Waals surface area contributed by atoms with Crippen LogP contribution in [0.2, 0.25) is 0 Å². The van der Waals surface area contributed by atoms with Gasteiger partial charge in [-0.1, -0.05) is 6.92 Å². The van der Waals surface area contributed by atoms with E-state index in [1.165, 1.54) is 6.42 Å². The van der Waals surface area contributed by atoms with Gasteiger partial charge in [0.25, 0.3) is 0 Å². The van der Waals surface area contributed by atoms with E-state index in [0.717, 1.165) is 6.42 Å². The summed E-state index contributed by atoms with van der Waals surface area (Å²) in [5.41, 5.74) is -0.160. The van der Waals surface area contributed by atoms with Gasteiger partial charge in [-0.05, 0) is 33.6 Å². The van der Waals surface area contributed by atoms with E-state index in [0.29, 0.717) is 5.92 Å². The molecule has 3 atom stereocenters. The molecule has 0 radical (unpaired) electrons. The summed E-state index contributed by atoms with van der Waals surface area (Å²) in [5.74, 6) is 0.555. The van der Waals surface area contributed by atoms with Gasteiger partial charge < -0.3 is 9.47 Å². The van der Waals surface area contributed by atoms with E-state index < -0.39 is 0 Å². The zero-order valence-corrected chi connectivity index (χ0v) is 8.39. The highest BCUT2D eigenvalue weighted by molar-refractivity contribution is 5.01. The maximum atomic E-state index is 5.89. The first-order chi connectivity index (χ1) is 5.45. The van der Waals surface area contributed by atoms with Crippen molar-refractivity contribution in [1.29, 1.82) is 0 Å². The van der Waals surface area contributed by atoms with Crippen molar-refractivity contribution in [3.05, 3.63) is 0 Å². The summed E-state index contributed by atoms with van der Waals surface area (Å²) in [5, 5.41) is 0. The molecule has 0 unspecified atom stereocenters. The minimum Gasteiger partial charge on any atom is -0.343 e. The van der Waals surface area contributed by atoms with Crippen molar-refractivity contribution in [3.8, 4) is 0 Å². The monoisotopic (exact) mass is 170 g/mol. The molecule has 0 aromatic carbocycles. The van der Waals surface area contributed by atoms with Crippen LogP contribution >= 0.6 is 0 Å². The second-order valence-corrected chi connectivity index (χ2v) is 4.86. The Morgan fingerprint density at radius 2 is 1.83 bits per heavy atom. The lowest BCUT2D eigenvalue weighted by molar-refractivity contribution is -0.144. The molecule has 2 aliphatic rings. The van der Waals surface area contributed by atoms with Gasteiger partial charge in [0.05, 0.1) is 11.2 Å². The van der Waals surface area contributed by atoms with E-state index >= 15 is 0 Å². The summed E-state index contributed by atoms with van der Waals surface area (Å²) in [6.07, 6.45) is 2.39. The van der Waals surface area contributed by atoms with Crippen molar-refractivity contribution >= 4 is 0 Å². The predicted molar refractivity (Wildman–Crippen MR) is 46.8 cm³/mol. The van der Waals surface area contributed by atoms with Crippen LogP contribution in [-0.2, 0) is 9.47 Å². The van der Waals surface area contributed by atoms with Crippen LogP contribution in [-0.4, -0.2) is 17.5 Å². The Labute approximate surface area is 74.2 Å². The molecule has 2 nitrogen and oxygen atoms in total. The third-order valence-corrected chi connectivity index (χ3v) is 3.60. The van der Waals surface area contributed by atoms with Crippen molar-refractivity contribution in [2.24, 2.45) is 5.92 Å². The van der Waals surface area contributed by atoms with E-state index in [2.05, 4.69) is 27.7 Å². The van der Waals surface area contributed by atoms with Crippen LogP contribution in [0.3, 0.4) is 0 Å². The van der Waals surface area contributed by atoms with E-state index in [1.807, 2.05) is 0 Å². The van der Waals surface area contributed by atoms with Crippen LogP contribution in [0.15, 0.2) is 0 Å². The summed E-state index contributed by atoms with van der Waals surface area (Å²) < 4.78 is 11.8. The van der Waals surface area contributed by atoms with Gasteiger partial charge in [0, 0.05) is 5.92 Å². The van der Waals surface area contributed by atoms with E-state index in [4.69, 9.17) is 9.47 Å². The van der Waals surface area contributed by atoms with Gasteiger partial charge in [0.1, 0.15) is 0 Å². The Hall–Kier alpha value is -0.0800. The first kappa shape index (κ1) is 8.52. The average Bonchev–Trinajstić information content (AvgIpc) is 2.14. The fourth-order valence-corrected chi connectivity index (χ4v) is 2.07. The van der Waals surface area contributed by atoms with Crippen LogP contribution in [0, 0.1) is 5.92 Å². The third kappa shape index (κ3) is 0.944. The van der Waals surface area contributed by atoms with Crippen molar-refractivity contribution in [1.82, 2.24) is 0 Å². The lowest BCUT2D eigenvalue weighted by Gasteiger charge is -2.36. The molecular weight excluding hydrogens is 152 g/mol.